The van der Waals surface area contributed by atoms with E-state index in [1.807, 2.05) is 0 Å². The van der Waals surface area contributed by atoms with Crippen LogP contribution in [0.2, 0.25) is 0 Å². The number of ketones is 1. The van der Waals surface area contributed by atoms with Crippen LogP contribution < -0.4 is 4.74 Å². The van der Waals surface area contributed by atoms with Gasteiger partial charge in [-0.1, -0.05) is 23.9 Å². The number of carbonyl (C=O) groups is 1. The molecule has 2 aliphatic heterocycles. The summed E-state index contributed by atoms with van der Waals surface area (Å²) in [7, 11) is 1.43. The Bertz CT molecular complexity index is 909. The molecule has 0 unspecified atom stereocenters. The number of hydrogen-bond donors (Lipinski definition) is 0. The largest absolute Gasteiger partial charge is 0.496 e. The van der Waals surface area contributed by atoms with Crippen LogP contribution in [0.3, 0.4) is 0 Å². The lowest BCUT2D eigenvalue weighted by Gasteiger charge is -2.25. The van der Waals surface area contributed by atoms with E-state index in [9.17, 15) is 18.0 Å². The normalized spacial score (nSPS) is 24.4. The van der Waals surface area contributed by atoms with Gasteiger partial charge in [0.15, 0.2) is 10.9 Å². The van der Waals surface area contributed by atoms with Crippen LogP contribution in [0.15, 0.2) is 35.5 Å². The van der Waals surface area contributed by atoms with Crippen LogP contribution in [0, 0.1) is 0 Å². The molecule has 0 spiro atoms. The Morgan fingerprint density at radius 2 is 2.04 bits per heavy atom. The highest BCUT2D eigenvalue weighted by atomic mass is 32.2. The molecular formula is C18H15F3N2O4S. The molecule has 2 fully saturated rings. The number of rotatable bonds is 4. The molecule has 2 aromatic rings. The molecule has 148 valence electrons. The first kappa shape index (κ1) is 19.2. The Hall–Kier alpha value is -2.17. The molecule has 10 heteroatoms. The number of nitrogens with zero attached hydrogens (tertiary/aromatic N) is 2. The van der Waals surface area contributed by atoms with Crippen LogP contribution in [-0.4, -0.2) is 47.1 Å². The molecule has 1 aromatic heterocycles. The Morgan fingerprint density at radius 3 is 2.79 bits per heavy atom. The molecule has 2 saturated heterocycles. The molecule has 2 bridgehead atoms. The van der Waals surface area contributed by atoms with Crippen molar-refractivity contribution >= 4 is 17.5 Å². The number of carbonyl (C=O) groups excluding carboxylic acids is 1. The van der Waals surface area contributed by atoms with Gasteiger partial charge in [0.2, 0.25) is 6.29 Å². The van der Waals surface area contributed by atoms with E-state index < -0.39 is 23.4 Å². The van der Waals surface area contributed by atoms with Crippen molar-refractivity contribution in [3.8, 4) is 17.0 Å². The SMILES string of the molecule is COc1ccccc1-c1cc(C(F)(F)F)nc(S[C@H]2CC(=O)[C@H]3OC[C@H]2O3)n1. The zero-order chi connectivity index (χ0) is 19.9. The Labute approximate surface area is 162 Å². The van der Waals surface area contributed by atoms with Crippen molar-refractivity contribution in [3.63, 3.8) is 0 Å². The minimum atomic E-state index is -4.64. The molecule has 3 atom stereocenters. The molecule has 0 saturated carbocycles. The van der Waals surface area contributed by atoms with E-state index in [-0.39, 0.29) is 35.8 Å². The summed E-state index contributed by atoms with van der Waals surface area (Å²) in [6.07, 6.45) is -5.77. The summed E-state index contributed by atoms with van der Waals surface area (Å²) in [5.74, 6) is 0.164. The Morgan fingerprint density at radius 1 is 1.25 bits per heavy atom. The van der Waals surface area contributed by atoms with Gasteiger partial charge in [0.1, 0.15) is 11.4 Å². The highest BCUT2D eigenvalue weighted by Gasteiger charge is 2.44. The minimum Gasteiger partial charge on any atom is -0.496 e. The third-order valence-electron chi connectivity index (χ3n) is 4.43. The number of halogens is 3. The average Bonchev–Trinajstić information content (AvgIpc) is 3.11. The van der Waals surface area contributed by atoms with Crippen LogP contribution in [-0.2, 0) is 20.4 Å². The van der Waals surface area contributed by atoms with Gasteiger partial charge in [0.05, 0.1) is 25.5 Å². The summed E-state index contributed by atoms with van der Waals surface area (Å²) in [6.45, 7) is 0.215. The molecule has 0 N–H and O–H groups in total. The number of ether oxygens (including phenoxy) is 3. The van der Waals surface area contributed by atoms with Crippen LogP contribution >= 0.6 is 11.8 Å². The molecule has 1 aromatic carbocycles. The van der Waals surface area contributed by atoms with E-state index in [2.05, 4.69) is 9.97 Å². The summed E-state index contributed by atoms with van der Waals surface area (Å²) in [6, 6.07) is 7.55. The standard InChI is InChI=1S/C18H15F3N2O4S/c1-25-12-5-3-2-4-9(12)10-6-15(18(19,20)21)23-17(22-10)28-14-7-11(24)16-26-8-13(14)27-16/h2-6,13-14,16H,7-8H2,1H3/t13-,14+,16+/m1/s1. The van der Waals surface area contributed by atoms with Crippen molar-refractivity contribution in [3.05, 3.63) is 36.0 Å². The van der Waals surface area contributed by atoms with Crippen LogP contribution in [0.1, 0.15) is 12.1 Å². The maximum atomic E-state index is 13.4. The lowest BCUT2D eigenvalue weighted by molar-refractivity contribution is -0.151. The summed E-state index contributed by atoms with van der Waals surface area (Å²) in [5.41, 5.74) is -0.555. The van der Waals surface area contributed by atoms with Gasteiger partial charge in [-0.2, -0.15) is 13.2 Å². The molecule has 0 amide bonds. The minimum absolute atomic E-state index is 0.0810. The van der Waals surface area contributed by atoms with Gasteiger partial charge in [-0.3, -0.25) is 4.79 Å². The lowest BCUT2D eigenvalue weighted by atomic mass is 10.1. The van der Waals surface area contributed by atoms with Gasteiger partial charge in [0.25, 0.3) is 0 Å². The number of alkyl halides is 3. The smallest absolute Gasteiger partial charge is 0.433 e. The van der Waals surface area contributed by atoms with Crippen molar-refractivity contribution in [2.75, 3.05) is 13.7 Å². The summed E-state index contributed by atoms with van der Waals surface area (Å²) < 4.78 is 56.1. The fourth-order valence-electron chi connectivity index (χ4n) is 3.08. The summed E-state index contributed by atoms with van der Waals surface area (Å²) in [4.78, 5) is 19.9. The van der Waals surface area contributed by atoms with Crippen molar-refractivity contribution in [1.82, 2.24) is 9.97 Å². The molecule has 3 heterocycles. The predicted octanol–water partition coefficient (Wildman–Crippen LogP) is 3.35. The second kappa shape index (κ2) is 7.34. The number of thioether (sulfide) groups is 1. The second-order valence-corrected chi connectivity index (χ2v) is 7.49. The van der Waals surface area contributed by atoms with Gasteiger partial charge in [-0.15, -0.1) is 0 Å². The maximum absolute atomic E-state index is 13.4. The van der Waals surface area contributed by atoms with Crippen molar-refractivity contribution in [1.29, 1.82) is 0 Å². The van der Waals surface area contributed by atoms with Gasteiger partial charge in [-0.25, -0.2) is 9.97 Å². The molecule has 2 aliphatic rings. The van der Waals surface area contributed by atoms with E-state index >= 15 is 0 Å². The number of hydrogen-bond acceptors (Lipinski definition) is 7. The highest BCUT2D eigenvalue weighted by molar-refractivity contribution is 7.99. The fraction of sp³-hybridized carbons (Fsp3) is 0.389. The van der Waals surface area contributed by atoms with Gasteiger partial charge in [0, 0.05) is 17.2 Å². The van der Waals surface area contributed by atoms with Crippen LogP contribution in [0.25, 0.3) is 11.3 Å². The first-order chi connectivity index (χ1) is 13.3. The number of para-hydroxylation sites is 1. The lowest BCUT2D eigenvalue weighted by Crippen LogP contribution is -2.37. The van der Waals surface area contributed by atoms with E-state index in [0.29, 0.717) is 11.3 Å². The fourth-order valence-corrected chi connectivity index (χ4v) is 4.19. The third-order valence-corrected chi connectivity index (χ3v) is 5.59. The predicted molar refractivity (Wildman–Crippen MR) is 92.9 cm³/mol. The first-order valence-corrected chi connectivity index (χ1v) is 9.29. The number of fused-ring (bicyclic) bond motifs is 2. The molecule has 0 radical (unpaired) electrons. The highest BCUT2D eigenvalue weighted by Crippen LogP contribution is 2.39. The molecule has 4 rings (SSSR count). The maximum Gasteiger partial charge on any atom is 0.433 e. The number of Topliss-reactive ketones (excluding diaryl/α,β-unsaturated/α-hetero) is 1. The van der Waals surface area contributed by atoms with Gasteiger partial charge in [-0.05, 0) is 18.2 Å². The Balaban J connectivity index is 1.72. The summed E-state index contributed by atoms with van der Waals surface area (Å²) in [5, 5.41) is -0.497. The van der Waals surface area contributed by atoms with E-state index in [0.717, 1.165) is 17.8 Å². The van der Waals surface area contributed by atoms with Gasteiger partial charge >= 0.3 is 6.18 Å². The number of benzene rings is 1. The molecule has 28 heavy (non-hydrogen) atoms. The average molecular weight is 412 g/mol. The Kier molecular flexibility index (Phi) is 5.02. The van der Waals surface area contributed by atoms with E-state index in [1.54, 1.807) is 24.3 Å². The number of aromatic nitrogens is 2. The zero-order valence-electron chi connectivity index (χ0n) is 14.6. The molecule has 0 aliphatic carbocycles. The van der Waals surface area contributed by atoms with E-state index in [4.69, 9.17) is 14.2 Å². The third kappa shape index (κ3) is 3.71. The van der Waals surface area contributed by atoms with E-state index in [1.165, 1.54) is 7.11 Å². The molecule has 6 nitrogen and oxygen atoms in total. The number of methoxy groups -OCH3 is 1. The quantitative estimate of drug-likeness (QED) is 0.714. The van der Waals surface area contributed by atoms with Gasteiger partial charge < -0.3 is 14.2 Å². The van der Waals surface area contributed by atoms with Crippen LogP contribution in [0.5, 0.6) is 5.75 Å². The van der Waals surface area contributed by atoms with Crippen molar-refractivity contribution in [2.24, 2.45) is 0 Å². The second-order valence-electron chi connectivity index (χ2n) is 6.29. The summed E-state index contributed by atoms with van der Waals surface area (Å²) >= 11 is 0.991. The van der Waals surface area contributed by atoms with Crippen molar-refractivity contribution in [2.45, 2.75) is 35.4 Å². The zero-order valence-corrected chi connectivity index (χ0v) is 15.4. The van der Waals surface area contributed by atoms with Crippen molar-refractivity contribution < 1.29 is 32.2 Å². The van der Waals surface area contributed by atoms with Crippen LogP contribution in [0.4, 0.5) is 13.2 Å². The monoisotopic (exact) mass is 412 g/mol. The topological polar surface area (TPSA) is 70.5 Å². The molecular weight excluding hydrogens is 397 g/mol. The first-order valence-electron chi connectivity index (χ1n) is 8.41.